The number of allylic oxidation sites excluding steroid dienone is 1. The predicted molar refractivity (Wildman–Crippen MR) is 69.4 cm³/mol. The van der Waals surface area contributed by atoms with E-state index in [-0.39, 0.29) is 6.04 Å². The lowest BCUT2D eigenvalue weighted by molar-refractivity contribution is -0.144. The van der Waals surface area contributed by atoms with Gasteiger partial charge in [-0.2, -0.15) is 0 Å². The normalized spacial score (nSPS) is 22.0. The average molecular weight is 254 g/mol. The van der Waals surface area contributed by atoms with Gasteiger partial charge in [0.1, 0.15) is 5.54 Å². The van der Waals surface area contributed by atoms with Crippen molar-refractivity contribution < 1.29 is 14.7 Å². The zero-order valence-electron chi connectivity index (χ0n) is 11.0. The van der Waals surface area contributed by atoms with Crippen molar-refractivity contribution in [1.29, 1.82) is 0 Å². The Morgan fingerprint density at radius 2 is 2.17 bits per heavy atom. The number of carboxylic acid groups (broad SMARTS) is 1. The summed E-state index contributed by atoms with van der Waals surface area (Å²) in [4.78, 5) is 23.0. The molecule has 0 aliphatic heterocycles. The highest BCUT2D eigenvalue weighted by molar-refractivity contribution is 5.85. The second-order valence-electron chi connectivity index (χ2n) is 4.97. The van der Waals surface area contributed by atoms with Gasteiger partial charge in [-0.3, -0.25) is 0 Å². The lowest BCUT2D eigenvalue weighted by Gasteiger charge is -2.28. The molecule has 1 aliphatic carbocycles. The molecule has 3 N–H and O–H groups in total. The van der Waals surface area contributed by atoms with Gasteiger partial charge in [-0.05, 0) is 32.6 Å². The summed E-state index contributed by atoms with van der Waals surface area (Å²) in [6, 6.07) is -0.289. The molecule has 0 aromatic heterocycles. The van der Waals surface area contributed by atoms with Crippen molar-refractivity contribution in [1.82, 2.24) is 10.6 Å². The summed E-state index contributed by atoms with van der Waals surface area (Å²) in [5.41, 5.74) is -1.19. The van der Waals surface area contributed by atoms with E-state index in [1.165, 1.54) is 0 Å². The second-order valence-corrected chi connectivity index (χ2v) is 4.97. The van der Waals surface area contributed by atoms with Crippen molar-refractivity contribution in [2.75, 3.05) is 0 Å². The van der Waals surface area contributed by atoms with Crippen LogP contribution in [0.1, 0.15) is 46.0 Å². The first kappa shape index (κ1) is 14.5. The molecule has 0 saturated carbocycles. The van der Waals surface area contributed by atoms with E-state index in [0.717, 1.165) is 19.3 Å². The van der Waals surface area contributed by atoms with Crippen LogP contribution in [-0.2, 0) is 4.79 Å². The van der Waals surface area contributed by atoms with E-state index >= 15 is 0 Å². The van der Waals surface area contributed by atoms with Crippen molar-refractivity contribution in [3.63, 3.8) is 0 Å². The zero-order chi connectivity index (χ0) is 13.6. The number of carbonyl (C=O) groups excluding carboxylic acids is 1. The molecule has 0 fully saturated rings. The van der Waals surface area contributed by atoms with E-state index in [4.69, 9.17) is 5.11 Å². The molecule has 0 aromatic carbocycles. The number of rotatable bonds is 5. The van der Waals surface area contributed by atoms with Gasteiger partial charge in [0.2, 0.25) is 0 Å². The molecule has 0 radical (unpaired) electrons. The summed E-state index contributed by atoms with van der Waals surface area (Å²) in [5, 5.41) is 14.6. The quantitative estimate of drug-likeness (QED) is 0.657. The molecule has 2 atom stereocenters. The van der Waals surface area contributed by atoms with Gasteiger partial charge in [-0.25, -0.2) is 9.59 Å². The van der Waals surface area contributed by atoms with Crippen LogP contribution in [0, 0.1) is 0 Å². The van der Waals surface area contributed by atoms with Crippen LogP contribution in [0.2, 0.25) is 0 Å². The minimum Gasteiger partial charge on any atom is -0.480 e. The molecular weight excluding hydrogens is 232 g/mol. The topological polar surface area (TPSA) is 78.4 Å². The first-order valence-corrected chi connectivity index (χ1v) is 6.45. The Hall–Kier alpha value is -1.52. The number of carbonyl (C=O) groups is 2. The van der Waals surface area contributed by atoms with Crippen LogP contribution in [-0.4, -0.2) is 28.7 Å². The Bertz CT molecular complexity index is 341. The van der Waals surface area contributed by atoms with E-state index in [1.807, 2.05) is 13.0 Å². The van der Waals surface area contributed by atoms with Gasteiger partial charge in [0.05, 0.1) is 0 Å². The van der Waals surface area contributed by atoms with Gasteiger partial charge in [0, 0.05) is 6.04 Å². The summed E-state index contributed by atoms with van der Waals surface area (Å²) in [6.45, 7) is 3.44. The van der Waals surface area contributed by atoms with Gasteiger partial charge in [0.15, 0.2) is 0 Å². The Labute approximate surface area is 108 Å². The SMILES string of the molecule is CCCC(C)(NC(=O)NC1CC=CCC1)C(=O)O. The van der Waals surface area contributed by atoms with E-state index in [0.29, 0.717) is 12.8 Å². The fourth-order valence-corrected chi connectivity index (χ4v) is 2.12. The Kier molecular flexibility index (Phi) is 5.19. The standard InChI is InChI=1S/C13H22N2O3/c1-3-9-13(2,11(16)17)15-12(18)14-10-7-5-4-6-8-10/h4-5,10H,3,6-9H2,1-2H3,(H,16,17)(H2,14,15,18). The average Bonchev–Trinajstić information content (AvgIpc) is 2.30. The lowest BCUT2D eigenvalue weighted by atomic mass is 9.96. The van der Waals surface area contributed by atoms with Crippen LogP contribution in [0.4, 0.5) is 4.79 Å². The third-order valence-electron chi connectivity index (χ3n) is 3.22. The van der Waals surface area contributed by atoms with Crippen molar-refractivity contribution in [3.8, 4) is 0 Å². The van der Waals surface area contributed by atoms with Crippen molar-refractivity contribution >= 4 is 12.0 Å². The minimum absolute atomic E-state index is 0.106. The van der Waals surface area contributed by atoms with Gasteiger partial charge < -0.3 is 15.7 Å². The fourth-order valence-electron chi connectivity index (χ4n) is 2.12. The van der Waals surface area contributed by atoms with Crippen LogP contribution < -0.4 is 10.6 Å². The van der Waals surface area contributed by atoms with E-state index in [2.05, 4.69) is 16.7 Å². The zero-order valence-corrected chi connectivity index (χ0v) is 11.0. The van der Waals surface area contributed by atoms with Gasteiger partial charge in [-0.1, -0.05) is 25.5 Å². The maximum atomic E-state index is 11.8. The third-order valence-corrected chi connectivity index (χ3v) is 3.22. The molecular formula is C13H22N2O3. The highest BCUT2D eigenvalue weighted by Crippen LogP contribution is 2.14. The molecule has 0 heterocycles. The third kappa shape index (κ3) is 4.05. The first-order chi connectivity index (χ1) is 8.48. The number of hydrogen-bond donors (Lipinski definition) is 3. The van der Waals surface area contributed by atoms with Gasteiger partial charge in [0.25, 0.3) is 0 Å². The Morgan fingerprint density at radius 1 is 1.44 bits per heavy atom. The summed E-state index contributed by atoms with van der Waals surface area (Å²) < 4.78 is 0. The van der Waals surface area contributed by atoms with Crippen LogP contribution in [0.3, 0.4) is 0 Å². The van der Waals surface area contributed by atoms with E-state index in [9.17, 15) is 9.59 Å². The predicted octanol–water partition coefficient (Wildman–Crippen LogP) is 2.04. The molecule has 2 amide bonds. The Balaban J connectivity index is 2.51. The van der Waals surface area contributed by atoms with Crippen LogP contribution in [0.25, 0.3) is 0 Å². The molecule has 0 saturated heterocycles. The molecule has 2 unspecified atom stereocenters. The molecule has 0 bridgehead atoms. The molecule has 0 aromatic rings. The van der Waals surface area contributed by atoms with Gasteiger partial charge in [-0.15, -0.1) is 0 Å². The van der Waals surface area contributed by atoms with E-state index < -0.39 is 17.5 Å². The second kappa shape index (κ2) is 6.42. The summed E-state index contributed by atoms with van der Waals surface area (Å²) in [7, 11) is 0. The van der Waals surface area contributed by atoms with Crippen molar-refractivity contribution in [2.24, 2.45) is 0 Å². The molecule has 5 heteroatoms. The minimum atomic E-state index is -1.19. The smallest absolute Gasteiger partial charge is 0.329 e. The highest BCUT2D eigenvalue weighted by atomic mass is 16.4. The van der Waals surface area contributed by atoms with Crippen molar-refractivity contribution in [2.45, 2.75) is 57.5 Å². The monoisotopic (exact) mass is 254 g/mol. The van der Waals surface area contributed by atoms with Crippen molar-refractivity contribution in [3.05, 3.63) is 12.2 Å². The Morgan fingerprint density at radius 3 is 2.67 bits per heavy atom. The number of carboxylic acids is 1. The van der Waals surface area contributed by atoms with Gasteiger partial charge >= 0.3 is 12.0 Å². The van der Waals surface area contributed by atoms with E-state index in [1.54, 1.807) is 6.92 Å². The maximum absolute atomic E-state index is 11.8. The largest absolute Gasteiger partial charge is 0.480 e. The van der Waals surface area contributed by atoms with Crippen LogP contribution in [0.5, 0.6) is 0 Å². The number of aliphatic carboxylic acids is 1. The number of nitrogens with one attached hydrogen (secondary N) is 2. The summed E-state index contributed by atoms with van der Waals surface area (Å²) >= 11 is 0. The lowest BCUT2D eigenvalue weighted by Crippen LogP contribution is -2.56. The number of hydrogen-bond acceptors (Lipinski definition) is 2. The number of amides is 2. The van der Waals surface area contributed by atoms with Crippen LogP contribution >= 0.6 is 0 Å². The molecule has 1 aliphatic rings. The summed E-state index contributed by atoms with van der Waals surface area (Å²) in [6.07, 6.45) is 7.92. The fraction of sp³-hybridized carbons (Fsp3) is 0.692. The molecule has 5 nitrogen and oxygen atoms in total. The van der Waals surface area contributed by atoms with Crippen LogP contribution in [0.15, 0.2) is 12.2 Å². The maximum Gasteiger partial charge on any atom is 0.329 e. The first-order valence-electron chi connectivity index (χ1n) is 6.45. The molecule has 102 valence electrons. The summed E-state index contributed by atoms with van der Waals surface area (Å²) in [5.74, 6) is -0.997. The molecule has 0 spiro atoms. The molecule has 1 rings (SSSR count). The highest BCUT2D eigenvalue weighted by Gasteiger charge is 2.34. The molecule has 18 heavy (non-hydrogen) atoms. The number of urea groups is 1.